The molecule has 1 amide bonds. The third-order valence-corrected chi connectivity index (χ3v) is 3.05. The number of nitrogens with zero attached hydrogens (tertiary/aromatic N) is 1. The van der Waals surface area contributed by atoms with Gasteiger partial charge in [-0.3, -0.25) is 4.79 Å². The van der Waals surface area contributed by atoms with Crippen molar-refractivity contribution in [3.05, 3.63) is 0 Å². The molecular weight excluding hydrogens is 265 g/mol. The summed E-state index contributed by atoms with van der Waals surface area (Å²) in [6.07, 6.45) is 0.791. The molecule has 1 fully saturated rings. The Morgan fingerprint density at radius 1 is 1.50 bits per heavy atom. The molecule has 1 unspecified atom stereocenters. The first kappa shape index (κ1) is 15.9. The summed E-state index contributed by atoms with van der Waals surface area (Å²) in [5, 5.41) is 0. The molecule has 0 saturated carbocycles. The molecule has 8 heteroatoms. The lowest BCUT2D eigenvalue weighted by Crippen LogP contribution is -2.31. The lowest BCUT2D eigenvalue weighted by Gasteiger charge is -2.16. The van der Waals surface area contributed by atoms with E-state index < -0.39 is 17.2 Å². The Balaban J connectivity index is 0.00000225. The summed E-state index contributed by atoms with van der Waals surface area (Å²) in [6, 6.07) is 0. The number of likely N-dealkylation sites (tertiary alicyclic amines) is 1. The Morgan fingerprint density at radius 3 is 2.56 bits per heavy atom. The van der Waals surface area contributed by atoms with Gasteiger partial charge >= 0.3 is 5.51 Å². The standard InChI is InChI=1S/C8H13F3N2OS.ClH/c9-8(10,11)15-5-7(14)13-2-1-6(3-12)4-13;/h6H,1-5,12H2;1H. The zero-order chi connectivity index (χ0) is 11.5. The van der Waals surface area contributed by atoms with E-state index in [2.05, 4.69) is 0 Å². The van der Waals surface area contributed by atoms with E-state index in [-0.39, 0.29) is 30.1 Å². The zero-order valence-electron chi connectivity index (χ0n) is 8.50. The largest absolute Gasteiger partial charge is 0.442 e. The van der Waals surface area contributed by atoms with E-state index in [1.807, 2.05) is 0 Å². The molecular formula is C8H14ClF3N2OS. The van der Waals surface area contributed by atoms with Crippen molar-refractivity contribution in [3.63, 3.8) is 0 Å². The molecule has 2 N–H and O–H groups in total. The molecule has 1 saturated heterocycles. The zero-order valence-corrected chi connectivity index (χ0v) is 10.1. The molecule has 0 aromatic heterocycles. The number of alkyl halides is 3. The highest BCUT2D eigenvalue weighted by atomic mass is 35.5. The highest BCUT2D eigenvalue weighted by molar-refractivity contribution is 8.00. The summed E-state index contributed by atoms with van der Waals surface area (Å²) < 4.78 is 35.5. The summed E-state index contributed by atoms with van der Waals surface area (Å²) in [5.41, 5.74) is 1.09. The van der Waals surface area contributed by atoms with Crippen LogP contribution >= 0.6 is 24.2 Å². The molecule has 0 radical (unpaired) electrons. The highest BCUT2D eigenvalue weighted by Gasteiger charge is 2.32. The summed E-state index contributed by atoms with van der Waals surface area (Å²) in [4.78, 5) is 12.8. The van der Waals surface area contributed by atoms with E-state index >= 15 is 0 Å². The van der Waals surface area contributed by atoms with Crippen molar-refractivity contribution in [1.29, 1.82) is 0 Å². The fourth-order valence-corrected chi connectivity index (χ4v) is 1.96. The van der Waals surface area contributed by atoms with Crippen molar-refractivity contribution in [2.45, 2.75) is 11.9 Å². The van der Waals surface area contributed by atoms with Crippen molar-refractivity contribution < 1.29 is 18.0 Å². The quantitative estimate of drug-likeness (QED) is 0.850. The van der Waals surface area contributed by atoms with Gasteiger partial charge in [-0.25, -0.2) is 0 Å². The lowest BCUT2D eigenvalue weighted by molar-refractivity contribution is -0.127. The first-order chi connectivity index (χ1) is 6.92. The van der Waals surface area contributed by atoms with Crippen LogP contribution in [0.4, 0.5) is 13.2 Å². The van der Waals surface area contributed by atoms with Crippen LogP contribution in [0.5, 0.6) is 0 Å². The van der Waals surface area contributed by atoms with Crippen LogP contribution in [-0.2, 0) is 4.79 Å². The van der Waals surface area contributed by atoms with Crippen LogP contribution in [0.3, 0.4) is 0 Å². The molecule has 0 bridgehead atoms. The minimum absolute atomic E-state index is 0. The van der Waals surface area contributed by atoms with Crippen molar-refractivity contribution in [2.75, 3.05) is 25.4 Å². The van der Waals surface area contributed by atoms with E-state index in [1.54, 1.807) is 0 Å². The number of rotatable bonds is 3. The van der Waals surface area contributed by atoms with Gasteiger partial charge in [-0.05, 0) is 30.6 Å². The molecule has 1 atom stereocenters. The molecule has 1 aliphatic heterocycles. The SMILES string of the molecule is Cl.NCC1CCN(C(=O)CSC(F)(F)F)C1. The maximum absolute atomic E-state index is 11.8. The van der Waals surface area contributed by atoms with Gasteiger partial charge in [0.1, 0.15) is 0 Å². The van der Waals surface area contributed by atoms with Crippen LogP contribution in [0.2, 0.25) is 0 Å². The molecule has 1 rings (SSSR count). The topological polar surface area (TPSA) is 46.3 Å². The summed E-state index contributed by atoms with van der Waals surface area (Å²) in [6.45, 7) is 1.50. The minimum atomic E-state index is -4.33. The third kappa shape index (κ3) is 5.27. The fraction of sp³-hybridized carbons (Fsp3) is 0.875. The molecule has 16 heavy (non-hydrogen) atoms. The van der Waals surface area contributed by atoms with Gasteiger partial charge in [0.05, 0.1) is 5.75 Å². The average Bonchev–Trinajstić information content (AvgIpc) is 2.61. The van der Waals surface area contributed by atoms with Crippen LogP contribution in [-0.4, -0.2) is 41.7 Å². The monoisotopic (exact) mass is 278 g/mol. The number of nitrogens with two attached hydrogens (primary N) is 1. The molecule has 1 aliphatic rings. The van der Waals surface area contributed by atoms with Crippen molar-refractivity contribution in [3.8, 4) is 0 Å². The highest BCUT2D eigenvalue weighted by Crippen LogP contribution is 2.30. The number of hydrogen-bond acceptors (Lipinski definition) is 3. The second kappa shape index (κ2) is 6.56. The van der Waals surface area contributed by atoms with Gasteiger partial charge in [-0.1, -0.05) is 0 Å². The average molecular weight is 279 g/mol. The van der Waals surface area contributed by atoms with E-state index in [0.717, 1.165) is 6.42 Å². The third-order valence-electron chi connectivity index (χ3n) is 2.33. The van der Waals surface area contributed by atoms with Gasteiger partial charge in [-0.2, -0.15) is 13.2 Å². The number of hydrogen-bond donors (Lipinski definition) is 1. The van der Waals surface area contributed by atoms with Gasteiger partial charge < -0.3 is 10.6 Å². The number of carbonyl (C=O) groups excluding carboxylic acids is 1. The maximum Gasteiger partial charge on any atom is 0.442 e. The molecule has 1 heterocycles. The summed E-state index contributed by atoms with van der Waals surface area (Å²) >= 11 is -0.285. The van der Waals surface area contributed by atoms with E-state index in [1.165, 1.54) is 4.90 Å². The Labute approximate surface area is 102 Å². The molecule has 0 spiro atoms. The number of carbonyl (C=O) groups is 1. The van der Waals surface area contributed by atoms with Gasteiger partial charge in [-0.15, -0.1) is 12.4 Å². The van der Waals surface area contributed by atoms with Gasteiger partial charge in [0.2, 0.25) is 5.91 Å². The Kier molecular flexibility index (Phi) is 6.50. The van der Waals surface area contributed by atoms with Gasteiger partial charge in [0.25, 0.3) is 0 Å². The van der Waals surface area contributed by atoms with Crippen LogP contribution in [0.1, 0.15) is 6.42 Å². The van der Waals surface area contributed by atoms with E-state index in [4.69, 9.17) is 5.73 Å². The smallest absolute Gasteiger partial charge is 0.342 e. The predicted octanol–water partition coefficient (Wildman–Crippen LogP) is 1.47. The maximum atomic E-state index is 11.8. The number of amides is 1. The molecule has 0 aromatic carbocycles. The van der Waals surface area contributed by atoms with Crippen LogP contribution < -0.4 is 5.73 Å². The predicted molar refractivity (Wildman–Crippen MR) is 59.5 cm³/mol. The second-order valence-corrected chi connectivity index (χ2v) is 4.50. The van der Waals surface area contributed by atoms with Crippen molar-refractivity contribution >= 4 is 30.1 Å². The molecule has 0 aliphatic carbocycles. The number of thioether (sulfide) groups is 1. The Bertz CT molecular complexity index is 240. The Morgan fingerprint density at radius 2 is 2.12 bits per heavy atom. The summed E-state index contributed by atoms with van der Waals surface area (Å²) in [7, 11) is 0. The molecule has 3 nitrogen and oxygen atoms in total. The normalized spacial score (nSPS) is 20.8. The first-order valence-corrected chi connectivity index (χ1v) is 5.59. The molecule has 96 valence electrons. The van der Waals surface area contributed by atoms with E-state index in [9.17, 15) is 18.0 Å². The molecule has 0 aromatic rings. The van der Waals surface area contributed by atoms with E-state index in [0.29, 0.717) is 19.6 Å². The van der Waals surface area contributed by atoms with Gasteiger partial charge in [0.15, 0.2) is 0 Å². The van der Waals surface area contributed by atoms with Gasteiger partial charge in [0, 0.05) is 13.1 Å². The Hall–Kier alpha value is -0.140. The van der Waals surface area contributed by atoms with Crippen molar-refractivity contribution in [2.24, 2.45) is 11.7 Å². The summed E-state index contributed by atoms with van der Waals surface area (Å²) in [5.74, 6) is -0.737. The van der Waals surface area contributed by atoms with Crippen LogP contribution in [0, 0.1) is 5.92 Å². The van der Waals surface area contributed by atoms with Crippen LogP contribution in [0.15, 0.2) is 0 Å². The van der Waals surface area contributed by atoms with Crippen LogP contribution in [0.25, 0.3) is 0 Å². The lowest BCUT2D eigenvalue weighted by atomic mass is 10.1. The fourth-order valence-electron chi connectivity index (χ4n) is 1.49. The second-order valence-electron chi connectivity index (χ2n) is 3.46. The first-order valence-electron chi connectivity index (χ1n) is 4.61. The number of halogens is 4. The minimum Gasteiger partial charge on any atom is -0.342 e. The van der Waals surface area contributed by atoms with Crippen molar-refractivity contribution in [1.82, 2.24) is 4.90 Å².